The molecule has 0 saturated heterocycles. The summed E-state index contributed by atoms with van der Waals surface area (Å²) in [7, 11) is -3.90. The maximum atomic E-state index is 11.0. The zero-order valence-electron chi connectivity index (χ0n) is 14.0. The summed E-state index contributed by atoms with van der Waals surface area (Å²) < 4.78 is 31.5. The molecule has 0 radical (unpaired) electrons. The predicted molar refractivity (Wildman–Crippen MR) is 88.9 cm³/mol. The molecule has 0 fully saturated rings. The van der Waals surface area contributed by atoms with Crippen LogP contribution in [-0.2, 0) is 14.9 Å². The maximum absolute atomic E-state index is 11.0. The Balaban J connectivity index is 4.83. The van der Waals surface area contributed by atoms with Crippen molar-refractivity contribution in [3.05, 3.63) is 11.6 Å². The normalized spacial score (nSPS) is 13.4. The molecule has 0 atom stereocenters. The third kappa shape index (κ3) is 9.17. The van der Waals surface area contributed by atoms with Gasteiger partial charge in [0.15, 0.2) is 0 Å². The van der Waals surface area contributed by atoms with Gasteiger partial charge in [-0.2, -0.15) is 8.42 Å². The lowest BCUT2D eigenvalue weighted by molar-refractivity contribution is -0.928. The summed E-state index contributed by atoms with van der Waals surface area (Å²) in [5.41, 5.74) is 5.78. The molecule has 130 valence electrons. The first-order chi connectivity index (χ1) is 10.2. The molecule has 0 heterocycles. The van der Waals surface area contributed by atoms with Crippen LogP contribution in [0.3, 0.4) is 0 Å². The molecule has 22 heavy (non-hydrogen) atoms. The molecule has 0 aliphatic rings. The van der Waals surface area contributed by atoms with Gasteiger partial charge in [-0.05, 0) is 19.8 Å². The number of nitrogens with zero attached hydrogens (tertiary/aromatic N) is 1. The summed E-state index contributed by atoms with van der Waals surface area (Å²) >= 11 is 0. The summed E-state index contributed by atoms with van der Waals surface area (Å²) in [5, 5.41) is 0. The number of quaternary nitrogens is 1. The van der Waals surface area contributed by atoms with Crippen LogP contribution in [0.15, 0.2) is 11.6 Å². The Morgan fingerprint density at radius 3 is 2.09 bits per heavy atom. The van der Waals surface area contributed by atoms with Gasteiger partial charge in [0.25, 0.3) is 10.1 Å². The minimum absolute atomic E-state index is 0.198. The molecule has 6 nitrogen and oxygen atoms in total. The summed E-state index contributed by atoms with van der Waals surface area (Å²) in [6.45, 7) is 9.40. The molecular weight excluding hydrogens is 304 g/mol. The van der Waals surface area contributed by atoms with Crippen LogP contribution in [0, 0.1) is 0 Å². The van der Waals surface area contributed by atoms with E-state index < -0.39 is 16.0 Å². The molecule has 7 heteroatoms. The fraction of sp³-hybridized carbons (Fsp3) is 0.800. The van der Waals surface area contributed by atoms with Gasteiger partial charge in [0.2, 0.25) is 5.91 Å². The van der Waals surface area contributed by atoms with E-state index in [0.29, 0.717) is 18.5 Å². The summed E-state index contributed by atoms with van der Waals surface area (Å²) in [5.74, 6) is -0.605. The van der Waals surface area contributed by atoms with E-state index >= 15 is 0 Å². The number of carbonyl (C=O) groups excluding carboxylic acids is 1. The average molecular weight is 335 g/mol. The van der Waals surface area contributed by atoms with Crippen LogP contribution < -0.4 is 5.73 Å². The van der Waals surface area contributed by atoms with Gasteiger partial charge >= 0.3 is 0 Å². The van der Waals surface area contributed by atoms with Crippen molar-refractivity contribution in [1.82, 2.24) is 0 Å². The number of rotatable bonds is 12. The van der Waals surface area contributed by atoms with Crippen LogP contribution in [-0.4, -0.2) is 55.3 Å². The Morgan fingerprint density at radius 1 is 1.14 bits per heavy atom. The van der Waals surface area contributed by atoms with Crippen LogP contribution in [0.1, 0.15) is 46.5 Å². The Labute approximate surface area is 134 Å². The van der Waals surface area contributed by atoms with Crippen molar-refractivity contribution in [2.45, 2.75) is 46.5 Å². The quantitative estimate of drug-likeness (QED) is 0.322. The lowest BCUT2D eigenvalue weighted by atomic mass is 10.1. The topological polar surface area (TPSA) is 97.5 Å². The van der Waals surface area contributed by atoms with E-state index in [1.165, 1.54) is 0 Å². The van der Waals surface area contributed by atoms with Crippen molar-refractivity contribution in [1.29, 1.82) is 0 Å². The third-order valence-corrected chi connectivity index (χ3v) is 4.68. The van der Waals surface area contributed by atoms with Crippen LogP contribution in [0.4, 0.5) is 0 Å². The molecule has 0 unspecified atom stereocenters. The summed E-state index contributed by atoms with van der Waals surface area (Å²) in [6, 6.07) is 0. The second-order valence-corrected chi connectivity index (χ2v) is 7.49. The highest BCUT2D eigenvalue weighted by molar-refractivity contribution is 7.85. The van der Waals surface area contributed by atoms with E-state index in [2.05, 4.69) is 13.8 Å². The molecule has 0 aromatic heterocycles. The Kier molecular flexibility index (Phi) is 9.55. The molecule has 3 N–H and O–H groups in total. The zero-order valence-corrected chi connectivity index (χ0v) is 14.9. The number of carbonyl (C=O) groups is 1. The zero-order chi connectivity index (χ0) is 17.2. The van der Waals surface area contributed by atoms with E-state index in [1.54, 1.807) is 6.92 Å². The van der Waals surface area contributed by atoms with E-state index in [-0.39, 0.29) is 5.75 Å². The minimum Gasteiger partial charge on any atom is -0.366 e. The average Bonchev–Trinajstić information content (AvgIpc) is 2.37. The van der Waals surface area contributed by atoms with Crippen molar-refractivity contribution >= 4 is 16.0 Å². The Bertz CT molecular complexity index is 466. The van der Waals surface area contributed by atoms with Crippen molar-refractivity contribution in [2.75, 3.05) is 31.9 Å². The van der Waals surface area contributed by atoms with Crippen molar-refractivity contribution in [2.24, 2.45) is 5.73 Å². The highest BCUT2D eigenvalue weighted by atomic mass is 32.2. The number of hydrogen-bond donors (Lipinski definition) is 2. The van der Waals surface area contributed by atoms with Gasteiger partial charge in [0.05, 0.1) is 31.9 Å². The van der Waals surface area contributed by atoms with Crippen molar-refractivity contribution in [3.8, 4) is 0 Å². The molecule has 0 aliphatic heterocycles. The highest BCUT2D eigenvalue weighted by Gasteiger charge is 2.25. The molecule has 0 aromatic carbocycles. The van der Waals surface area contributed by atoms with E-state index in [0.717, 1.165) is 43.4 Å². The lowest BCUT2D eigenvalue weighted by Crippen LogP contribution is -2.50. The smallest absolute Gasteiger partial charge is 0.265 e. The van der Waals surface area contributed by atoms with Crippen LogP contribution in [0.5, 0.6) is 0 Å². The largest absolute Gasteiger partial charge is 0.366 e. The first-order valence-electron chi connectivity index (χ1n) is 7.92. The molecule has 0 bridgehead atoms. The van der Waals surface area contributed by atoms with Crippen LogP contribution in [0.25, 0.3) is 0 Å². The number of hydrogen-bond acceptors (Lipinski definition) is 3. The maximum Gasteiger partial charge on any atom is 0.265 e. The molecule has 0 aliphatic carbocycles. The van der Waals surface area contributed by atoms with Gasteiger partial charge in [0.1, 0.15) is 0 Å². The predicted octanol–water partition coefficient (Wildman–Crippen LogP) is 1.72. The number of amides is 1. The van der Waals surface area contributed by atoms with Gasteiger partial charge in [-0.15, -0.1) is 0 Å². The van der Waals surface area contributed by atoms with E-state index in [4.69, 9.17) is 10.3 Å². The lowest BCUT2D eigenvalue weighted by Gasteiger charge is -2.38. The molecule has 1 amide bonds. The van der Waals surface area contributed by atoms with E-state index in [9.17, 15) is 13.2 Å². The van der Waals surface area contributed by atoms with Crippen LogP contribution >= 0.6 is 0 Å². The van der Waals surface area contributed by atoms with Gasteiger partial charge in [-0.25, -0.2) is 0 Å². The van der Waals surface area contributed by atoms with Gasteiger partial charge in [-0.1, -0.05) is 19.9 Å². The second-order valence-electron chi connectivity index (χ2n) is 5.92. The fourth-order valence-corrected chi connectivity index (χ4v) is 3.35. The monoisotopic (exact) mass is 335 g/mol. The SMILES string of the molecule is CCC[N+](CCC)(CCC=C(C)C(N)=O)CCCS(=O)(=O)O. The molecule has 0 spiro atoms. The third-order valence-electron chi connectivity index (χ3n) is 3.87. The molecule has 0 rings (SSSR count). The number of primary amides is 1. The van der Waals surface area contributed by atoms with Crippen molar-refractivity contribution < 1.29 is 22.2 Å². The second kappa shape index (κ2) is 9.97. The van der Waals surface area contributed by atoms with Gasteiger partial charge in [0, 0.05) is 18.4 Å². The summed E-state index contributed by atoms with van der Waals surface area (Å²) in [6.07, 6.45) is 5.04. The first kappa shape index (κ1) is 21.1. The highest BCUT2D eigenvalue weighted by Crippen LogP contribution is 2.14. The molecule has 0 saturated carbocycles. The molecule has 0 aromatic rings. The fourth-order valence-electron chi connectivity index (χ4n) is 2.86. The van der Waals surface area contributed by atoms with E-state index in [1.807, 2.05) is 6.08 Å². The Morgan fingerprint density at radius 2 is 1.68 bits per heavy atom. The molecular formula is C15H31N2O4S+. The Hall–Kier alpha value is -0.920. The summed E-state index contributed by atoms with van der Waals surface area (Å²) in [4.78, 5) is 11.0. The van der Waals surface area contributed by atoms with Gasteiger partial charge in [-0.3, -0.25) is 9.35 Å². The standard InChI is InChI=1S/C15H30N2O4S/c1-4-9-17(10-5-2,12-7-13-22(19,20)21)11-6-8-14(3)15(16)18/h8H,4-7,9-13H2,1-3H3,(H2-,16,18,19,20,21)/p+1. The first-order valence-corrected chi connectivity index (χ1v) is 9.53. The minimum atomic E-state index is -3.90. The number of nitrogens with two attached hydrogens (primary N) is 1. The van der Waals surface area contributed by atoms with Crippen molar-refractivity contribution in [3.63, 3.8) is 0 Å². The van der Waals surface area contributed by atoms with Gasteiger partial charge < -0.3 is 10.2 Å². The van der Waals surface area contributed by atoms with Crippen LogP contribution in [0.2, 0.25) is 0 Å².